The second-order valence-electron chi connectivity index (χ2n) is 5.03. The van der Waals surface area contributed by atoms with Crippen LogP contribution in [0.2, 0.25) is 0 Å². The average molecular weight is 287 g/mol. The van der Waals surface area contributed by atoms with Gasteiger partial charge in [0.2, 0.25) is 0 Å². The van der Waals surface area contributed by atoms with E-state index in [4.69, 9.17) is 4.74 Å². The Morgan fingerprint density at radius 1 is 1.38 bits per heavy atom. The predicted octanol–water partition coefficient (Wildman–Crippen LogP) is 2.86. The standard InChI is InChI=1S/C16H21N3O2/c1-6-13-11(3)18-19(4)15(13)17-16(20)12-7-8-14(21-5)10(2)9-12/h7-9H,6H2,1-5H3,(H,17,20). The number of hydrogen-bond donors (Lipinski definition) is 1. The number of nitrogens with zero attached hydrogens (tertiary/aromatic N) is 2. The van der Waals surface area contributed by atoms with Crippen molar-refractivity contribution in [2.75, 3.05) is 12.4 Å². The zero-order valence-corrected chi connectivity index (χ0v) is 13.2. The minimum atomic E-state index is -0.140. The summed E-state index contributed by atoms with van der Waals surface area (Å²) in [5.74, 6) is 1.39. The molecule has 5 heteroatoms. The fourth-order valence-corrected chi connectivity index (χ4v) is 2.48. The van der Waals surface area contributed by atoms with Gasteiger partial charge in [-0.2, -0.15) is 5.10 Å². The van der Waals surface area contributed by atoms with Crippen LogP contribution in [0.25, 0.3) is 0 Å². The van der Waals surface area contributed by atoms with Gasteiger partial charge in [0.15, 0.2) is 0 Å². The molecule has 1 aromatic carbocycles. The quantitative estimate of drug-likeness (QED) is 0.940. The van der Waals surface area contributed by atoms with Gasteiger partial charge in [-0.05, 0) is 44.0 Å². The highest BCUT2D eigenvalue weighted by molar-refractivity contribution is 6.04. The molecule has 1 heterocycles. The van der Waals surface area contributed by atoms with Gasteiger partial charge in [-0.25, -0.2) is 0 Å². The summed E-state index contributed by atoms with van der Waals surface area (Å²) in [6, 6.07) is 5.39. The number of rotatable bonds is 4. The third-order valence-corrected chi connectivity index (χ3v) is 3.59. The second-order valence-corrected chi connectivity index (χ2v) is 5.03. The molecule has 2 rings (SSSR count). The Balaban J connectivity index is 2.28. The van der Waals surface area contributed by atoms with Crippen LogP contribution in [0, 0.1) is 13.8 Å². The summed E-state index contributed by atoms with van der Waals surface area (Å²) < 4.78 is 6.92. The number of ether oxygens (including phenoxy) is 1. The fourth-order valence-electron chi connectivity index (χ4n) is 2.48. The molecule has 5 nitrogen and oxygen atoms in total. The van der Waals surface area contributed by atoms with Crippen LogP contribution in [0.5, 0.6) is 5.75 Å². The third kappa shape index (κ3) is 2.91. The molecule has 21 heavy (non-hydrogen) atoms. The number of hydrogen-bond acceptors (Lipinski definition) is 3. The van der Waals surface area contributed by atoms with Crippen LogP contribution in [0.4, 0.5) is 5.82 Å². The van der Waals surface area contributed by atoms with Crippen LogP contribution in [0.3, 0.4) is 0 Å². The fraction of sp³-hybridized carbons (Fsp3) is 0.375. The SMILES string of the molecule is CCc1c(C)nn(C)c1NC(=O)c1ccc(OC)c(C)c1. The first-order chi connectivity index (χ1) is 9.97. The van der Waals surface area contributed by atoms with Crippen LogP contribution in [-0.4, -0.2) is 22.8 Å². The summed E-state index contributed by atoms with van der Waals surface area (Å²) in [4.78, 5) is 12.4. The molecule has 1 aromatic heterocycles. The Morgan fingerprint density at radius 2 is 2.10 bits per heavy atom. The maximum atomic E-state index is 12.4. The van der Waals surface area contributed by atoms with Gasteiger partial charge < -0.3 is 10.1 Å². The molecule has 0 aliphatic carbocycles. The van der Waals surface area contributed by atoms with E-state index < -0.39 is 0 Å². The molecule has 112 valence electrons. The van der Waals surface area contributed by atoms with Crippen molar-refractivity contribution in [3.8, 4) is 5.75 Å². The highest BCUT2D eigenvalue weighted by Crippen LogP contribution is 2.22. The normalized spacial score (nSPS) is 10.5. The molecule has 1 amide bonds. The Morgan fingerprint density at radius 3 is 2.67 bits per heavy atom. The third-order valence-electron chi connectivity index (χ3n) is 3.59. The number of aromatic nitrogens is 2. The lowest BCUT2D eigenvalue weighted by atomic mass is 10.1. The zero-order chi connectivity index (χ0) is 15.6. The molecule has 2 aromatic rings. The Labute approximate surface area is 124 Å². The maximum Gasteiger partial charge on any atom is 0.256 e. The topological polar surface area (TPSA) is 56.2 Å². The van der Waals surface area contributed by atoms with Crippen LogP contribution >= 0.6 is 0 Å². The summed E-state index contributed by atoms with van der Waals surface area (Å²) in [7, 11) is 3.45. The number of benzene rings is 1. The first-order valence-electron chi connectivity index (χ1n) is 6.96. The van der Waals surface area contributed by atoms with Crippen molar-refractivity contribution < 1.29 is 9.53 Å². The van der Waals surface area contributed by atoms with Crippen molar-refractivity contribution >= 4 is 11.7 Å². The summed E-state index contributed by atoms with van der Waals surface area (Å²) >= 11 is 0. The zero-order valence-electron chi connectivity index (χ0n) is 13.2. The van der Waals surface area contributed by atoms with Gasteiger partial charge in [-0.1, -0.05) is 6.92 Å². The number of nitrogens with one attached hydrogen (secondary N) is 1. The molecule has 0 fully saturated rings. The number of aryl methyl sites for hydroxylation is 3. The van der Waals surface area contributed by atoms with Crippen molar-refractivity contribution in [1.29, 1.82) is 0 Å². The molecule has 0 bridgehead atoms. The van der Waals surface area contributed by atoms with Gasteiger partial charge in [0.05, 0.1) is 12.8 Å². The van der Waals surface area contributed by atoms with E-state index in [9.17, 15) is 4.79 Å². The number of carbonyl (C=O) groups is 1. The summed E-state index contributed by atoms with van der Waals surface area (Å²) in [6.07, 6.45) is 0.830. The Bertz CT molecular complexity index is 674. The van der Waals surface area contributed by atoms with Crippen LogP contribution < -0.4 is 10.1 Å². The second kappa shape index (κ2) is 5.99. The molecule has 0 aliphatic rings. The number of amides is 1. The maximum absolute atomic E-state index is 12.4. The Hall–Kier alpha value is -2.30. The van der Waals surface area contributed by atoms with Crippen molar-refractivity contribution in [2.24, 2.45) is 7.05 Å². The van der Waals surface area contributed by atoms with E-state index in [1.807, 2.05) is 27.0 Å². The molecule has 0 unspecified atom stereocenters. The van der Waals surface area contributed by atoms with E-state index >= 15 is 0 Å². The van der Waals surface area contributed by atoms with Crippen LogP contribution in [0.1, 0.15) is 34.1 Å². The molecule has 0 saturated heterocycles. The van der Waals surface area contributed by atoms with Crippen LogP contribution in [-0.2, 0) is 13.5 Å². The van der Waals surface area contributed by atoms with Gasteiger partial charge in [-0.15, -0.1) is 0 Å². The minimum absolute atomic E-state index is 0.140. The van der Waals surface area contributed by atoms with Crippen molar-refractivity contribution in [2.45, 2.75) is 27.2 Å². The average Bonchev–Trinajstić information content (AvgIpc) is 2.72. The number of methoxy groups -OCH3 is 1. The van der Waals surface area contributed by atoms with E-state index in [2.05, 4.69) is 17.3 Å². The molecule has 0 radical (unpaired) electrons. The van der Waals surface area contributed by atoms with Gasteiger partial charge >= 0.3 is 0 Å². The first kappa shape index (κ1) is 15.1. The van der Waals surface area contributed by atoms with Gasteiger partial charge in [0.25, 0.3) is 5.91 Å². The summed E-state index contributed by atoms with van der Waals surface area (Å²) in [6.45, 7) is 5.92. The molecule has 1 N–H and O–H groups in total. The van der Waals surface area contributed by atoms with Gasteiger partial charge in [0.1, 0.15) is 11.6 Å². The molecule has 0 saturated carbocycles. The monoisotopic (exact) mass is 287 g/mol. The molecule has 0 aliphatic heterocycles. The smallest absolute Gasteiger partial charge is 0.256 e. The van der Waals surface area contributed by atoms with Crippen molar-refractivity contribution in [1.82, 2.24) is 9.78 Å². The van der Waals surface area contributed by atoms with Gasteiger partial charge in [0, 0.05) is 18.2 Å². The van der Waals surface area contributed by atoms with Crippen molar-refractivity contribution in [3.63, 3.8) is 0 Å². The lowest BCUT2D eigenvalue weighted by Crippen LogP contribution is -2.16. The molecular formula is C16H21N3O2. The van der Waals surface area contributed by atoms with E-state index in [0.717, 1.165) is 34.8 Å². The summed E-state index contributed by atoms with van der Waals surface area (Å²) in [5, 5.41) is 7.31. The lowest BCUT2D eigenvalue weighted by molar-refractivity contribution is 0.102. The largest absolute Gasteiger partial charge is 0.496 e. The van der Waals surface area contributed by atoms with E-state index in [0.29, 0.717) is 5.56 Å². The minimum Gasteiger partial charge on any atom is -0.496 e. The Kier molecular flexibility index (Phi) is 4.31. The first-order valence-corrected chi connectivity index (χ1v) is 6.96. The predicted molar refractivity (Wildman–Crippen MR) is 83.0 cm³/mol. The van der Waals surface area contributed by atoms with Crippen molar-refractivity contribution in [3.05, 3.63) is 40.6 Å². The molecule has 0 spiro atoms. The molecular weight excluding hydrogens is 266 g/mol. The number of anilines is 1. The van der Waals surface area contributed by atoms with E-state index in [-0.39, 0.29) is 5.91 Å². The highest BCUT2D eigenvalue weighted by Gasteiger charge is 2.15. The molecule has 0 atom stereocenters. The number of carbonyl (C=O) groups excluding carboxylic acids is 1. The van der Waals surface area contributed by atoms with Gasteiger partial charge in [-0.3, -0.25) is 9.48 Å². The summed E-state index contributed by atoms with van der Waals surface area (Å²) in [5.41, 5.74) is 3.55. The lowest BCUT2D eigenvalue weighted by Gasteiger charge is -2.10. The highest BCUT2D eigenvalue weighted by atomic mass is 16.5. The van der Waals surface area contributed by atoms with E-state index in [1.54, 1.807) is 23.9 Å². The van der Waals surface area contributed by atoms with Crippen LogP contribution in [0.15, 0.2) is 18.2 Å². The van der Waals surface area contributed by atoms with E-state index in [1.165, 1.54) is 0 Å².